The van der Waals surface area contributed by atoms with Crippen LogP contribution in [0, 0.1) is 0 Å². The summed E-state index contributed by atoms with van der Waals surface area (Å²) in [5.41, 5.74) is 3.22. The van der Waals surface area contributed by atoms with Crippen LogP contribution < -0.4 is 10.0 Å². The third-order valence-electron chi connectivity index (χ3n) is 3.11. The lowest BCUT2D eigenvalue weighted by atomic mass is 10.0. The Bertz CT molecular complexity index is 587. The van der Waals surface area contributed by atoms with Gasteiger partial charge < -0.3 is 5.32 Å². The number of fused-ring (bicyclic) bond motifs is 1. The molecule has 4 nitrogen and oxygen atoms in total. The molecule has 104 valence electrons. The predicted octanol–water partition coefficient (Wildman–Crippen LogP) is 2.29. The number of sulfonamides is 1. The zero-order valence-corrected chi connectivity index (χ0v) is 12.2. The molecule has 0 atom stereocenters. The highest BCUT2D eigenvalue weighted by Crippen LogP contribution is 2.24. The van der Waals surface area contributed by atoms with E-state index in [4.69, 9.17) is 0 Å². The molecule has 0 saturated carbocycles. The van der Waals surface area contributed by atoms with E-state index >= 15 is 0 Å². The van der Waals surface area contributed by atoms with Crippen molar-refractivity contribution >= 4 is 15.7 Å². The number of anilines is 1. The molecule has 5 heteroatoms. The van der Waals surface area contributed by atoms with E-state index in [9.17, 15) is 8.42 Å². The molecule has 1 heterocycles. The number of rotatable bonds is 4. The van der Waals surface area contributed by atoms with Gasteiger partial charge in [0.25, 0.3) is 0 Å². The van der Waals surface area contributed by atoms with Crippen LogP contribution in [0.4, 0.5) is 5.69 Å². The van der Waals surface area contributed by atoms with Crippen LogP contribution in [-0.4, -0.2) is 21.5 Å². The lowest BCUT2D eigenvalue weighted by Gasteiger charge is -2.18. The molecule has 0 unspecified atom stereocenters. The zero-order chi connectivity index (χ0) is 13.9. The van der Waals surface area contributed by atoms with Gasteiger partial charge in [-0.2, -0.15) is 0 Å². The maximum atomic E-state index is 12.1. The van der Waals surface area contributed by atoms with Crippen LogP contribution in [-0.2, 0) is 16.4 Å². The summed E-state index contributed by atoms with van der Waals surface area (Å²) in [6, 6.07) is 5.30. The Kier molecular flexibility index (Phi) is 4.27. The SMILES string of the molecule is CC(C)=CCNS(=O)(=O)c1ccc2c(c1)NCCC2. The van der Waals surface area contributed by atoms with E-state index in [1.807, 2.05) is 26.0 Å². The molecule has 0 bridgehead atoms. The van der Waals surface area contributed by atoms with Crippen LogP contribution in [0.1, 0.15) is 25.8 Å². The average Bonchev–Trinajstić information content (AvgIpc) is 2.37. The van der Waals surface area contributed by atoms with Crippen LogP contribution >= 0.6 is 0 Å². The molecule has 1 aromatic carbocycles. The first-order chi connectivity index (χ1) is 8.99. The zero-order valence-electron chi connectivity index (χ0n) is 11.4. The van der Waals surface area contributed by atoms with Gasteiger partial charge in [0.2, 0.25) is 10.0 Å². The monoisotopic (exact) mass is 280 g/mol. The van der Waals surface area contributed by atoms with E-state index in [0.717, 1.165) is 30.6 Å². The molecule has 2 N–H and O–H groups in total. The van der Waals surface area contributed by atoms with Gasteiger partial charge in [-0.15, -0.1) is 0 Å². The standard InChI is InChI=1S/C14H20N2O2S/c1-11(2)7-9-16-19(17,18)13-6-5-12-4-3-8-15-14(12)10-13/h5-7,10,15-16H,3-4,8-9H2,1-2H3. The van der Waals surface area contributed by atoms with Gasteiger partial charge in [0.05, 0.1) is 4.90 Å². The van der Waals surface area contributed by atoms with Crippen LogP contribution in [0.15, 0.2) is 34.7 Å². The van der Waals surface area contributed by atoms with Crippen molar-refractivity contribution in [2.24, 2.45) is 0 Å². The van der Waals surface area contributed by atoms with E-state index in [1.165, 1.54) is 5.56 Å². The summed E-state index contributed by atoms with van der Waals surface area (Å²) in [6.45, 7) is 5.12. The second-order valence-corrected chi connectivity index (χ2v) is 6.75. The molecule has 1 aliphatic rings. The molecular weight excluding hydrogens is 260 g/mol. The summed E-state index contributed by atoms with van der Waals surface area (Å²) in [4.78, 5) is 0.322. The van der Waals surface area contributed by atoms with E-state index in [2.05, 4.69) is 10.0 Å². The van der Waals surface area contributed by atoms with Gasteiger partial charge in [0.1, 0.15) is 0 Å². The van der Waals surface area contributed by atoms with Gasteiger partial charge in [0, 0.05) is 18.8 Å². The highest BCUT2D eigenvalue weighted by atomic mass is 32.2. The third-order valence-corrected chi connectivity index (χ3v) is 4.53. The summed E-state index contributed by atoms with van der Waals surface area (Å²) in [6.07, 6.45) is 3.96. The van der Waals surface area contributed by atoms with Gasteiger partial charge in [-0.05, 0) is 44.4 Å². The third kappa shape index (κ3) is 3.58. The topological polar surface area (TPSA) is 58.2 Å². The Morgan fingerprint density at radius 1 is 1.42 bits per heavy atom. The fourth-order valence-corrected chi connectivity index (χ4v) is 3.04. The molecule has 0 saturated heterocycles. The number of hydrogen-bond acceptors (Lipinski definition) is 3. The Hall–Kier alpha value is -1.33. The highest BCUT2D eigenvalue weighted by molar-refractivity contribution is 7.89. The summed E-state index contributed by atoms with van der Waals surface area (Å²) in [5, 5.41) is 3.25. The van der Waals surface area contributed by atoms with E-state index in [-0.39, 0.29) is 0 Å². The quantitative estimate of drug-likeness (QED) is 0.832. The molecule has 0 spiro atoms. The fraction of sp³-hybridized carbons (Fsp3) is 0.429. The second-order valence-electron chi connectivity index (χ2n) is 4.98. The number of nitrogens with one attached hydrogen (secondary N) is 2. The average molecular weight is 280 g/mol. The predicted molar refractivity (Wildman–Crippen MR) is 77.9 cm³/mol. The van der Waals surface area contributed by atoms with Crippen LogP contribution in [0.5, 0.6) is 0 Å². The second kappa shape index (κ2) is 5.75. The molecule has 2 rings (SSSR count). The van der Waals surface area contributed by atoms with Crippen LogP contribution in [0.3, 0.4) is 0 Å². The van der Waals surface area contributed by atoms with E-state index < -0.39 is 10.0 Å². The Labute approximate surface area is 115 Å². The lowest BCUT2D eigenvalue weighted by molar-refractivity contribution is 0.585. The summed E-state index contributed by atoms with van der Waals surface area (Å²) in [7, 11) is -3.42. The van der Waals surface area contributed by atoms with Crippen LogP contribution in [0.25, 0.3) is 0 Å². The Morgan fingerprint density at radius 2 is 2.21 bits per heavy atom. The Balaban J connectivity index is 2.18. The summed E-state index contributed by atoms with van der Waals surface area (Å²) >= 11 is 0. The highest BCUT2D eigenvalue weighted by Gasteiger charge is 2.16. The van der Waals surface area contributed by atoms with Crippen molar-refractivity contribution in [2.75, 3.05) is 18.4 Å². The number of benzene rings is 1. The molecule has 1 aliphatic heterocycles. The summed E-state index contributed by atoms with van der Waals surface area (Å²) < 4.78 is 26.8. The van der Waals surface area contributed by atoms with E-state index in [0.29, 0.717) is 11.4 Å². The number of allylic oxidation sites excluding steroid dienone is 1. The van der Waals surface area contributed by atoms with Gasteiger partial charge in [-0.3, -0.25) is 0 Å². The van der Waals surface area contributed by atoms with Gasteiger partial charge in [-0.25, -0.2) is 13.1 Å². The molecular formula is C14H20N2O2S. The van der Waals surface area contributed by atoms with Crippen molar-refractivity contribution in [2.45, 2.75) is 31.6 Å². The first-order valence-electron chi connectivity index (χ1n) is 6.49. The van der Waals surface area contributed by atoms with Crippen molar-refractivity contribution in [1.82, 2.24) is 4.72 Å². The molecule has 1 aromatic rings. The van der Waals surface area contributed by atoms with Crippen LogP contribution in [0.2, 0.25) is 0 Å². The minimum atomic E-state index is -3.42. The minimum absolute atomic E-state index is 0.322. The Morgan fingerprint density at radius 3 is 2.95 bits per heavy atom. The van der Waals surface area contributed by atoms with Crippen molar-refractivity contribution < 1.29 is 8.42 Å². The van der Waals surface area contributed by atoms with Gasteiger partial charge in [0.15, 0.2) is 0 Å². The first-order valence-corrected chi connectivity index (χ1v) is 7.97. The maximum Gasteiger partial charge on any atom is 0.240 e. The smallest absolute Gasteiger partial charge is 0.240 e. The maximum absolute atomic E-state index is 12.1. The number of hydrogen-bond donors (Lipinski definition) is 2. The lowest BCUT2D eigenvalue weighted by Crippen LogP contribution is -2.24. The van der Waals surface area contributed by atoms with Crippen molar-refractivity contribution in [3.8, 4) is 0 Å². The summed E-state index contributed by atoms with van der Waals surface area (Å²) in [5.74, 6) is 0. The molecule has 0 radical (unpaired) electrons. The molecule has 0 aliphatic carbocycles. The molecule has 19 heavy (non-hydrogen) atoms. The number of aryl methyl sites for hydroxylation is 1. The van der Waals surface area contributed by atoms with Crippen molar-refractivity contribution in [3.05, 3.63) is 35.4 Å². The van der Waals surface area contributed by atoms with E-state index in [1.54, 1.807) is 12.1 Å². The normalized spacial score (nSPS) is 14.4. The molecule has 0 amide bonds. The van der Waals surface area contributed by atoms with Crippen molar-refractivity contribution in [3.63, 3.8) is 0 Å². The van der Waals surface area contributed by atoms with Gasteiger partial charge in [-0.1, -0.05) is 17.7 Å². The minimum Gasteiger partial charge on any atom is -0.385 e. The molecule has 0 aromatic heterocycles. The van der Waals surface area contributed by atoms with Gasteiger partial charge >= 0.3 is 0 Å². The molecule has 0 fully saturated rings. The van der Waals surface area contributed by atoms with Crippen molar-refractivity contribution in [1.29, 1.82) is 0 Å². The first kappa shape index (κ1) is 14.1. The fourth-order valence-electron chi connectivity index (χ4n) is 2.05. The largest absolute Gasteiger partial charge is 0.385 e.